The van der Waals surface area contributed by atoms with Gasteiger partial charge in [0.15, 0.2) is 0 Å². The number of rotatable bonds is 8. The summed E-state index contributed by atoms with van der Waals surface area (Å²) in [7, 11) is 0. The van der Waals surface area contributed by atoms with E-state index >= 15 is 0 Å². The van der Waals surface area contributed by atoms with E-state index in [0.29, 0.717) is 19.4 Å². The summed E-state index contributed by atoms with van der Waals surface area (Å²) in [5.74, 6) is -2.32. The number of fused-ring (bicyclic) bond motifs is 1. The summed E-state index contributed by atoms with van der Waals surface area (Å²) in [6.07, 6.45) is 8.21. The van der Waals surface area contributed by atoms with Gasteiger partial charge < -0.3 is 26.6 Å². The van der Waals surface area contributed by atoms with Gasteiger partial charge in [0.25, 0.3) is 5.91 Å². The van der Waals surface area contributed by atoms with E-state index in [9.17, 15) is 24.0 Å². The molecule has 1 saturated heterocycles. The molecule has 0 bridgehead atoms. The van der Waals surface area contributed by atoms with Gasteiger partial charge in [-0.3, -0.25) is 19.2 Å². The Balaban J connectivity index is 1.57. The van der Waals surface area contributed by atoms with Crippen molar-refractivity contribution >= 4 is 29.5 Å². The molecule has 3 aliphatic carbocycles. The monoisotopic (exact) mass is 545 g/mol. The Labute approximate surface area is 231 Å². The minimum atomic E-state index is -1.06. The van der Waals surface area contributed by atoms with Gasteiger partial charge in [0.2, 0.25) is 17.6 Å². The van der Waals surface area contributed by atoms with Gasteiger partial charge >= 0.3 is 6.03 Å². The van der Waals surface area contributed by atoms with Crippen LogP contribution in [0.15, 0.2) is 0 Å². The lowest BCUT2D eigenvalue weighted by Gasteiger charge is -2.37. The molecule has 4 atom stereocenters. The first-order chi connectivity index (χ1) is 18.0. The van der Waals surface area contributed by atoms with Crippen LogP contribution in [0.1, 0.15) is 99.3 Å². The van der Waals surface area contributed by atoms with E-state index in [4.69, 9.17) is 5.73 Å². The van der Waals surface area contributed by atoms with Crippen molar-refractivity contribution in [3.8, 4) is 0 Å². The third kappa shape index (κ3) is 5.94. The van der Waals surface area contributed by atoms with Gasteiger partial charge in [0.05, 0.1) is 6.04 Å². The van der Waals surface area contributed by atoms with Crippen LogP contribution in [-0.2, 0) is 19.2 Å². The fourth-order valence-electron chi connectivity index (χ4n) is 6.93. The first kappa shape index (κ1) is 29.3. The molecule has 5 N–H and O–H groups in total. The minimum Gasteiger partial charge on any atom is -0.363 e. The first-order valence-corrected chi connectivity index (χ1v) is 14.5. The van der Waals surface area contributed by atoms with Crippen LogP contribution >= 0.6 is 0 Å². The first-order valence-electron chi connectivity index (χ1n) is 14.5. The zero-order chi connectivity index (χ0) is 29.0. The van der Waals surface area contributed by atoms with Crippen LogP contribution in [-0.4, -0.2) is 64.6 Å². The summed E-state index contributed by atoms with van der Waals surface area (Å²) < 4.78 is 0. The minimum absolute atomic E-state index is 0.115. The van der Waals surface area contributed by atoms with Crippen LogP contribution in [0, 0.1) is 22.2 Å². The van der Waals surface area contributed by atoms with Gasteiger partial charge in [-0.1, -0.05) is 46.5 Å². The van der Waals surface area contributed by atoms with Gasteiger partial charge in [0.1, 0.15) is 12.1 Å². The standard InChI is InChI=1S/C29H47N5O5/c1-26(2,3)21(32-25(39)33-27(4,5)6)24(38)34-16-29(15-28(29)11-8-12-28)14-19(34)23(37)31-18(20(35)22(30)36)13-17-9-7-10-17/h17-19,21H,7-16H2,1-6H3,(H2,30,36)(H,31,37)(H2,32,33,39). The third-order valence-corrected chi connectivity index (χ3v) is 9.55. The van der Waals surface area contributed by atoms with E-state index in [1.807, 2.05) is 41.5 Å². The van der Waals surface area contributed by atoms with Crippen LogP contribution in [0.2, 0.25) is 0 Å². The normalized spacial score (nSPS) is 27.2. The number of urea groups is 1. The maximum atomic E-state index is 14.2. The molecule has 1 aliphatic heterocycles. The van der Waals surface area contributed by atoms with Crippen LogP contribution in [0.3, 0.4) is 0 Å². The summed E-state index contributed by atoms with van der Waals surface area (Å²) in [4.78, 5) is 66.8. The summed E-state index contributed by atoms with van der Waals surface area (Å²) in [6.45, 7) is 11.7. The maximum Gasteiger partial charge on any atom is 0.315 e. The van der Waals surface area contributed by atoms with Gasteiger partial charge in [0, 0.05) is 12.1 Å². The summed E-state index contributed by atoms with van der Waals surface area (Å²) in [6, 6.07) is -3.07. The molecule has 4 aliphatic rings. The largest absolute Gasteiger partial charge is 0.363 e. The highest BCUT2D eigenvalue weighted by Crippen LogP contribution is 2.77. The molecule has 3 saturated carbocycles. The summed E-state index contributed by atoms with van der Waals surface area (Å²) in [5, 5.41) is 8.55. The Morgan fingerprint density at radius 3 is 2.03 bits per heavy atom. The van der Waals surface area contributed by atoms with E-state index in [1.165, 1.54) is 0 Å². The second-order valence-electron chi connectivity index (χ2n) is 14.7. The lowest BCUT2D eigenvalue weighted by Crippen LogP contribution is -2.61. The molecule has 0 aromatic carbocycles. The number of carbonyl (C=O) groups excluding carboxylic acids is 5. The van der Waals surface area contributed by atoms with Gasteiger partial charge in [-0.25, -0.2) is 4.79 Å². The molecule has 4 unspecified atom stereocenters. The van der Waals surface area contributed by atoms with E-state index in [2.05, 4.69) is 16.0 Å². The van der Waals surface area contributed by atoms with Crippen molar-refractivity contribution in [1.82, 2.24) is 20.9 Å². The molecule has 10 nitrogen and oxygen atoms in total. The molecule has 1 heterocycles. The second kappa shape index (κ2) is 10.1. The molecule has 4 rings (SSSR count). The Morgan fingerprint density at radius 1 is 0.949 bits per heavy atom. The topological polar surface area (TPSA) is 151 Å². The molecule has 4 fully saturated rings. The smallest absolute Gasteiger partial charge is 0.315 e. The molecule has 5 amide bonds. The van der Waals surface area contributed by atoms with E-state index in [1.54, 1.807) is 4.90 Å². The lowest BCUT2D eigenvalue weighted by atomic mass is 9.74. The van der Waals surface area contributed by atoms with Crippen molar-refractivity contribution in [2.45, 2.75) is 123 Å². The van der Waals surface area contributed by atoms with Crippen molar-refractivity contribution in [3.63, 3.8) is 0 Å². The number of carbonyl (C=O) groups is 5. The second-order valence-corrected chi connectivity index (χ2v) is 14.7. The molecular formula is C29H47N5O5. The fourth-order valence-corrected chi connectivity index (χ4v) is 6.93. The highest BCUT2D eigenvalue weighted by molar-refractivity contribution is 6.37. The maximum absolute atomic E-state index is 14.2. The molecule has 0 radical (unpaired) electrons. The number of likely N-dealkylation sites (tertiary alicyclic amines) is 1. The number of nitrogens with one attached hydrogen (secondary N) is 3. The average Bonchev–Trinajstić information content (AvgIpc) is 3.25. The molecule has 2 spiro atoms. The van der Waals surface area contributed by atoms with Gasteiger partial charge in [-0.2, -0.15) is 0 Å². The van der Waals surface area contributed by atoms with Crippen molar-refractivity contribution in [2.75, 3.05) is 6.54 Å². The molecule has 0 aromatic rings. The highest BCUT2D eigenvalue weighted by Gasteiger charge is 2.73. The number of amides is 5. The van der Waals surface area contributed by atoms with Gasteiger partial charge in [-0.15, -0.1) is 0 Å². The number of hydrogen-bond acceptors (Lipinski definition) is 5. The van der Waals surface area contributed by atoms with Crippen molar-refractivity contribution in [1.29, 1.82) is 0 Å². The number of nitrogens with two attached hydrogens (primary N) is 1. The Bertz CT molecular complexity index is 1040. The van der Waals surface area contributed by atoms with Crippen molar-refractivity contribution in [2.24, 2.45) is 27.9 Å². The Hall–Kier alpha value is -2.65. The van der Waals surface area contributed by atoms with Crippen LogP contribution in [0.25, 0.3) is 0 Å². The van der Waals surface area contributed by atoms with Crippen LogP contribution < -0.4 is 21.7 Å². The Kier molecular flexibility index (Phi) is 7.58. The van der Waals surface area contributed by atoms with Crippen molar-refractivity contribution in [3.05, 3.63) is 0 Å². The zero-order valence-corrected chi connectivity index (χ0v) is 24.4. The van der Waals surface area contributed by atoms with Gasteiger partial charge in [-0.05, 0) is 75.0 Å². The Morgan fingerprint density at radius 2 is 1.59 bits per heavy atom. The fraction of sp³-hybridized carbons (Fsp3) is 0.828. The van der Waals surface area contributed by atoms with Crippen LogP contribution in [0.5, 0.6) is 0 Å². The summed E-state index contributed by atoms with van der Waals surface area (Å²) >= 11 is 0. The predicted octanol–water partition coefficient (Wildman–Crippen LogP) is 2.39. The van der Waals surface area contributed by atoms with E-state index in [-0.39, 0.29) is 22.7 Å². The molecule has 39 heavy (non-hydrogen) atoms. The SMILES string of the molecule is CC(C)(C)NC(=O)NC(C(=O)N1CC2(CC1C(=O)NC(CC1CCC1)C(=O)C(N)=O)CC21CCC1)C(C)(C)C. The summed E-state index contributed by atoms with van der Waals surface area (Å²) in [5.41, 5.74) is 4.29. The number of ketones is 1. The predicted molar refractivity (Wildman–Crippen MR) is 146 cm³/mol. The number of primary amides is 1. The van der Waals surface area contributed by atoms with Crippen molar-refractivity contribution < 1.29 is 24.0 Å². The molecule has 0 aromatic heterocycles. The number of nitrogens with zero attached hydrogens (tertiary/aromatic N) is 1. The number of Topliss-reactive ketones (excluding diaryl/α,β-unsaturated/α-hetero) is 1. The van der Waals surface area contributed by atoms with E-state index in [0.717, 1.165) is 44.9 Å². The number of hydrogen-bond donors (Lipinski definition) is 4. The molecular weight excluding hydrogens is 498 g/mol. The van der Waals surface area contributed by atoms with E-state index < -0.39 is 52.7 Å². The third-order valence-electron chi connectivity index (χ3n) is 9.55. The van der Waals surface area contributed by atoms with Crippen LogP contribution in [0.4, 0.5) is 4.79 Å². The quantitative estimate of drug-likeness (QED) is 0.345. The molecule has 218 valence electrons. The lowest BCUT2D eigenvalue weighted by molar-refractivity contribution is -0.143. The zero-order valence-electron chi connectivity index (χ0n) is 24.4. The molecule has 10 heteroatoms. The highest BCUT2D eigenvalue weighted by atomic mass is 16.2. The average molecular weight is 546 g/mol.